The number of hydrogen-bond donors (Lipinski definition) is 3. The SMILES string of the molecule is CCNC(=NCCCn1cc(C)cn1)NCCNC(=O)OC(C)(C)C.I. The lowest BCUT2D eigenvalue weighted by molar-refractivity contribution is 0.0529. The summed E-state index contributed by atoms with van der Waals surface area (Å²) in [7, 11) is 0. The fourth-order valence-electron chi connectivity index (χ4n) is 2.01. The number of nitrogens with one attached hydrogen (secondary N) is 3. The lowest BCUT2D eigenvalue weighted by atomic mass is 10.2. The molecule has 150 valence electrons. The van der Waals surface area contributed by atoms with Crippen LogP contribution in [0.4, 0.5) is 4.79 Å². The molecule has 1 heterocycles. The average molecular weight is 480 g/mol. The van der Waals surface area contributed by atoms with Crippen molar-refractivity contribution in [2.24, 2.45) is 4.99 Å². The van der Waals surface area contributed by atoms with Gasteiger partial charge < -0.3 is 20.7 Å². The molecule has 26 heavy (non-hydrogen) atoms. The van der Waals surface area contributed by atoms with Crippen LogP contribution in [-0.2, 0) is 11.3 Å². The lowest BCUT2D eigenvalue weighted by Gasteiger charge is -2.19. The van der Waals surface area contributed by atoms with E-state index in [2.05, 4.69) is 26.0 Å². The van der Waals surface area contributed by atoms with Crippen LogP contribution >= 0.6 is 24.0 Å². The Morgan fingerprint density at radius 3 is 2.54 bits per heavy atom. The zero-order valence-corrected chi connectivity index (χ0v) is 18.8. The van der Waals surface area contributed by atoms with E-state index in [9.17, 15) is 4.79 Å². The maximum Gasteiger partial charge on any atom is 0.407 e. The molecule has 0 bridgehead atoms. The Labute approximate surface area is 173 Å². The molecule has 0 aliphatic carbocycles. The summed E-state index contributed by atoms with van der Waals surface area (Å²) < 4.78 is 7.11. The fourth-order valence-corrected chi connectivity index (χ4v) is 2.01. The Morgan fingerprint density at radius 2 is 1.96 bits per heavy atom. The Hall–Kier alpha value is -1.52. The van der Waals surface area contributed by atoms with Crippen LogP contribution in [0.3, 0.4) is 0 Å². The zero-order valence-electron chi connectivity index (χ0n) is 16.5. The van der Waals surface area contributed by atoms with E-state index in [4.69, 9.17) is 4.74 Å². The Morgan fingerprint density at radius 1 is 1.27 bits per heavy atom. The van der Waals surface area contributed by atoms with Crippen LogP contribution in [0.1, 0.15) is 39.7 Å². The summed E-state index contributed by atoms with van der Waals surface area (Å²) in [5.41, 5.74) is 0.678. The number of carbonyl (C=O) groups is 1. The van der Waals surface area contributed by atoms with Crippen LogP contribution in [0.5, 0.6) is 0 Å². The summed E-state index contributed by atoms with van der Waals surface area (Å²) in [6.07, 6.45) is 4.38. The van der Waals surface area contributed by atoms with Gasteiger partial charge in [0.2, 0.25) is 0 Å². The molecule has 0 unspecified atom stereocenters. The summed E-state index contributed by atoms with van der Waals surface area (Å²) in [6, 6.07) is 0. The molecule has 1 aromatic heterocycles. The van der Waals surface area contributed by atoms with E-state index in [0.29, 0.717) is 19.6 Å². The highest BCUT2D eigenvalue weighted by Crippen LogP contribution is 2.05. The van der Waals surface area contributed by atoms with Gasteiger partial charge in [-0.25, -0.2) is 4.79 Å². The molecule has 8 nitrogen and oxygen atoms in total. The van der Waals surface area contributed by atoms with E-state index in [0.717, 1.165) is 31.0 Å². The third-order valence-electron chi connectivity index (χ3n) is 3.01. The van der Waals surface area contributed by atoms with Crippen LogP contribution in [-0.4, -0.2) is 53.6 Å². The molecule has 0 atom stereocenters. The minimum atomic E-state index is -0.485. The second-order valence-electron chi connectivity index (χ2n) is 6.75. The first-order valence-electron chi connectivity index (χ1n) is 8.78. The minimum absolute atomic E-state index is 0. The number of aromatic nitrogens is 2. The Bertz CT molecular complexity index is 554. The van der Waals surface area contributed by atoms with Gasteiger partial charge in [0.1, 0.15) is 5.60 Å². The number of ether oxygens (including phenoxy) is 1. The third kappa shape index (κ3) is 11.9. The summed E-state index contributed by atoms with van der Waals surface area (Å²) in [4.78, 5) is 16.1. The molecule has 0 aliphatic rings. The number of aliphatic imine (C=N–C) groups is 1. The van der Waals surface area contributed by atoms with Gasteiger partial charge in [-0.05, 0) is 46.6 Å². The summed E-state index contributed by atoms with van der Waals surface area (Å²) in [5, 5.41) is 13.3. The smallest absolute Gasteiger partial charge is 0.407 e. The molecule has 0 spiro atoms. The molecule has 0 aromatic carbocycles. The molecular weight excluding hydrogens is 447 g/mol. The predicted molar refractivity (Wildman–Crippen MR) is 115 cm³/mol. The van der Waals surface area contributed by atoms with Gasteiger partial charge in [-0.3, -0.25) is 9.67 Å². The molecule has 0 saturated carbocycles. The van der Waals surface area contributed by atoms with Gasteiger partial charge in [0.25, 0.3) is 0 Å². The van der Waals surface area contributed by atoms with E-state index in [-0.39, 0.29) is 24.0 Å². The van der Waals surface area contributed by atoms with Crippen molar-refractivity contribution in [3.05, 3.63) is 18.0 Å². The summed E-state index contributed by atoms with van der Waals surface area (Å²) in [6.45, 7) is 12.9. The van der Waals surface area contributed by atoms with Crippen molar-refractivity contribution in [1.82, 2.24) is 25.7 Å². The second-order valence-corrected chi connectivity index (χ2v) is 6.75. The molecular formula is C17H33IN6O2. The van der Waals surface area contributed by atoms with Gasteiger partial charge in [-0.1, -0.05) is 0 Å². The molecule has 9 heteroatoms. The first-order chi connectivity index (χ1) is 11.8. The molecule has 0 aliphatic heterocycles. The first-order valence-corrected chi connectivity index (χ1v) is 8.78. The molecule has 1 aromatic rings. The van der Waals surface area contributed by atoms with E-state index >= 15 is 0 Å². The number of carbonyl (C=O) groups excluding carboxylic acids is 1. The molecule has 1 rings (SSSR count). The van der Waals surface area contributed by atoms with E-state index < -0.39 is 11.7 Å². The van der Waals surface area contributed by atoms with Crippen molar-refractivity contribution in [2.45, 2.75) is 53.2 Å². The standard InChI is InChI=1S/C17H32N6O2.HI/c1-6-18-15(19-8-7-11-23-13-14(2)12-22-23)20-9-10-21-16(24)25-17(3,4)5;/h12-13H,6-11H2,1-5H3,(H,21,24)(H2,18,19,20);1H. The van der Waals surface area contributed by atoms with E-state index in [1.807, 2.05) is 51.7 Å². The quantitative estimate of drug-likeness (QED) is 0.230. The maximum atomic E-state index is 11.6. The van der Waals surface area contributed by atoms with Gasteiger partial charge in [0.15, 0.2) is 5.96 Å². The number of alkyl carbamates (subject to hydrolysis) is 1. The topological polar surface area (TPSA) is 92.6 Å². The normalized spacial score (nSPS) is 11.5. The number of rotatable bonds is 8. The fraction of sp³-hybridized carbons (Fsp3) is 0.706. The Balaban J connectivity index is 0.00000625. The largest absolute Gasteiger partial charge is 0.444 e. The number of aryl methyl sites for hydroxylation is 2. The predicted octanol–water partition coefficient (Wildman–Crippen LogP) is 2.28. The highest BCUT2D eigenvalue weighted by atomic mass is 127. The average Bonchev–Trinajstić information content (AvgIpc) is 2.91. The summed E-state index contributed by atoms with van der Waals surface area (Å²) in [5.74, 6) is 0.741. The first kappa shape index (κ1) is 24.5. The van der Waals surface area contributed by atoms with Gasteiger partial charge in [-0.15, -0.1) is 24.0 Å². The molecule has 0 radical (unpaired) electrons. The van der Waals surface area contributed by atoms with Crippen molar-refractivity contribution in [3.63, 3.8) is 0 Å². The van der Waals surface area contributed by atoms with Crippen LogP contribution in [0, 0.1) is 6.92 Å². The van der Waals surface area contributed by atoms with Crippen molar-refractivity contribution in [3.8, 4) is 0 Å². The number of amides is 1. The highest BCUT2D eigenvalue weighted by Gasteiger charge is 2.15. The number of halogens is 1. The highest BCUT2D eigenvalue weighted by molar-refractivity contribution is 14.0. The molecule has 0 fully saturated rings. The van der Waals surface area contributed by atoms with Gasteiger partial charge >= 0.3 is 6.09 Å². The number of hydrogen-bond acceptors (Lipinski definition) is 4. The number of guanidine groups is 1. The zero-order chi connectivity index (χ0) is 18.7. The third-order valence-corrected chi connectivity index (χ3v) is 3.01. The summed E-state index contributed by atoms with van der Waals surface area (Å²) >= 11 is 0. The van der Waals surface area contributed by atoms with Crippen molar-refractivity contribution in [2.75, 3.05) is 26.2 Å². The van der Waals surface area contributed by atoms with Crippen LogP contribution < -0.4 is 16.0 Å². The molecule has 3 N–H and O–H groups in total. The molecule has 1 amide bonds. The van der Waals surface area contributed by atoms with Crippen LogP contribution in [0.2, 0.25) is 0 Å². The van der Waals surface area contributed by atoms with Gasteiger partial charge in [0, 0.05) is 38.9 Å². The van der Waals surface area contributed by atoms with Crippen LogP contribution in [0.25, 0.3) is 0 Å². The van der Waals surface area contributed by atoms with Gasteiger partial charge in [0.05, 0.1) is 6.20 Å². The maximum absolute atomic E-state index is 11.6. The monoisotopic (exact) mass is 480 g/mol. The molecule has 0 saturated heterocycles. The van der Waals surface area contributed by atoms with Crippen LogP contribution in [0.15, 0.2) is 17.4 Å². The Kier molecular flexibility index (Phi) is 12.0. The van der Waals surface area contributed by atoms with Gasteiger partial charge in [-0.2, -0.15) is 5.10 Å². The number of nitrogens with zero attached hydrogens (tertiary/aromatic N) is 3. The van der Waals surface area contributed by atoms with Crippen molar-refractivity contribution >= 4 is 36.0 Å². The minimum Gasteiger partial charge on any atom is -0.444 e. The van der Waals surface area contributed by atoms with E-state index in [1.54, 1.807) is 0 Å². The second kappa shape index (κ2) is 12.8. The van der Waals surface area contributed by atoms with Crippen molar-refractivity contribution < 1.29 is 9.53 Å². The lowest BCUT2D eigenvalue weighted by Crippen LogP contribution is -2.42. The van der Waals surface area contributed by atoms with E-state index in [1.165, 1.54) is 0 Å². The van der Waals surface area contributed by atoms with Crippen molar-refractivity contribution in [1.29, 1.82) is 0 Å².